The summed E-state index contributed by atoms with van der Waals surface area (Å²) < 4.78 is 76.1. The minimum absolute atomic E-state index is 0.105. The SMILES string of the molecule is [2H]c1c([2H])c(-c2cccc3ccccc23)c([2H])c(N(c2c([2H])c([2H])c(-c3cc(-c4ccccc4)cc(-c4ccccc4)c3)c([2H])c2[2H])c2cccc3ccccc23)c1[2H]. The molecule has 0 saturated heterocycles. The summed E-state index contributed by atoms with van der Waals surface area (Å²) in [7, 11) is 0. The van der Waals surface area contributed by atoms with Gasteiger partial charge < -0.3 is 4.90 Å². The van der Waals surface area contributed by atoms with Gasteiger partial charge in [-0.15, -0.1) is 0 Å². The van der Waals surface area contributed by atoms with Crippen molar-refractivity contribution in [3.05, 3.63) is 212 Å². The molecule has 0 aliphatic heterocycles. The van der Waals surface area contributed by atoms with Gasteiger partial charge in [-0.2, -0.15) is 0 Å². The van der Waals surface area contributed by atoms with Crippen LogP contribution >= 0.6 is 0 Å². The summed E-state index contributed by atoms with van der Waals surface area (Å²) in [4.78, 5) is 1.43. The Morgan fingerprint density at radius 3 is 1.55 bits per heavy atom. The van der Waals surface area contributed by atoms with Gasteiger partial charge in [0.1, 0.15) is 0 Å². The zero-order chi connectivity index (χ0) is 40.9. The summed E-state index contributed by atoms with van der Waals surface area (Å²) in [6.07, 6.45) is 0. The van der Waals surface area contributed by atoms with Crippen molar-refractivity contribution in [2.24, 2.45) is 0 Å². The molecule has 0 aromatic heterocycles. The Balaban J connectivity index is 1.35. The van der Waals surface area contributed by atoms with E-state index in [0.29, 0.717) is 22.2 Å². The van der Waals surface area contributed by atoms with Crippen LogP contribution in [-0.4, -0.2) is 0 Å². The first-order valence-electron chi connectivity index (χ1n) is 20.9. The summed E-state index contributed by atoms with van der Waals surface area (Å²) in [5, 5.41) is 3.12. The quantitative estimate of drug-likeness (QED) is 0.165. The van der Waals surface area contributed by atoms with Gasteiger partial charge in [0, 0.05) is 16.8 Å². The van der Waals surface area contributed by atoms with Crippen LogP contribution in [0, 0.1) is 0 Å². The van der Waals surface area contributed by atoms with Gasteiger partial charge in [0.05, 0.1) is 16.7 Å². The fourth-order valence-corrected chi connectivity index (χ4v) is 6.71. The predicted molar refractivity (Wildman–Crippen MR) is 218 cm³/mol. The van der Waals surface area contributed by atoms with Gasteiger partial charge in [-0.3, -0.25) is 0 Å². The average molecular weight is 658 g/mol. The lowest BCUT2D eigenvalue weighted by Gasteiger charge is -2.27. The fourth-order valence-electron chi connectivity index (χ4n) is 6.71. The highest BCUT2D eigenvalue weighted by molar-refractivity contribution is 6.01. The molecular formula is C50H35N. The van der Waals surface area contributed by atoms with Crippen LogP contribution < -0.4 is 4.90 Å². The van der Waals surface area contributed by atoms with Gasteiger partial charge in [0.25, 0.3) is 0 Å². The van der Waals surface area contributed by atoms with E-state index in [9.17, 15) is 8.22 Å². The van der Waals surface area contributed by atoms with Crippen molar-refractivity contribution in [1.29, 1.82) is 0 Å². The minimum atomic E-state index is -0.444. The molecule has 0 saturated carbocycles. The molecule has 0 heterocycles. The molecule has 0 radical (unpaired) electrons. The Morgan fingerprint density at radius 1 is 0.353 bits per heavy atom. The van der Waals surface area contributed by atoms with Crippen molar-refractivity contribution in [3.63, 3.8) is 0 Å². The van der Waals surface area contributed by atoms with Gasteiger partial charge >= 0.3 is 0 Å². The van der Waals surface area contributed by atoms with Crippen molar-refractivity contribution in [2.75, 3.05) is 4.90 Å². The highest BCUT2D eigenvalue weighted by Gasteiger charge is 2.17. The van der Waals surface area contributed by atoms with Crippen LogP contribution in [0.25, 0.3) is 66.1 Å². The lowest BCUT2D eigenvalue weighted by atomic mass is 9.93. The zero-order valence-electron chi connectivity index (χ0n) is 35.5. The van der Waals surface area contributed by atoms with Gasteiger partial charge in [-0.1, -0.05) is 164 Å². The van der Waals surface area contributed by atoms with E-state index >= 15 is 0 Å². The Hall–Kier alpha value is -6.70. The topological polar surface area (TPSA) is 3.24 Å². The van der Waals surface area contributed by atoms with Gasteiger partial charge in [-0.05, 0) is 109 Å². The third-order valence-electron chi connectivity index (χ3n) is 9.17. The first kappa shape index (κ1) is 22.8. The van der Waals surface area contributed by atoms with E-state index < -0.39 is 12.1 Å². The molecule has 9 aromatic carbocycles. The molecule has 9 aromatic rings. The summed E-state index contributed by atoms with van der Waals surface area (Å²) in [6, 6.07) is 48.7. The number of hydrogen-bond donors (Lipinski definition) is 0. The molecule has 9 rings (SSSR count). The summed E-state index contributed by atoms with van der Waals surface area (Å²) in [5.74, 6) is 0. The first-order chi connectivity index (χ1) is 28.6. The largest absolute Gasteiger partial charge is 0.310 e. The maximum atomic E-state index is 9.83. The second-order valence-electron chi connectivity index (χ2n) is 12.3. The molecule has 0 fully saturated rings. The van der Waals surface area contributed by atoms with E-state index in [1.165, 1.54) is 4.90 Å². The lowest BCUT2D eigenvalue weighted by molar-refractivity contribution is 1.30. The molecule has 0 aliphatic rings. The number of hydrogen-bond acceptors (Lipinski definition) is 1. The normalized spacial score (nSPS) is 13.3. The Morgan fingerprint density at radius 2 is 0.882 bits per heavy atom. The van der Waals surface area contributed by atoms with Crippen LogP contribution in [0.2, 0.25) is 0 Å². The van der Waals surface area contributed by atoms with Crippen molar-refractivity contribution in [2.45, 2.75) is 0 Å². The fraction of sp³-hybridized carbons (Fsp3) is 0. The van der Waals surface area contributed by atoms with E-state index in [1.54, 1.807) is 18.2 Å². The van der Waals surface area contributed by atoms with Crippen molar-refractivity contribution in [1.82, 2.24) is 0 Å². The van der Waals surface area contributed by atoms with Crippen molar-refractivity contribution >= 4 is 38.6 Å². The van der Waals surface area contributed by atoms with E-state index in [1.807, 2.05) is 140 Å². The molecule has 0 aliphatic carbocycles. The van der Waals surface area contributed by atoms with Gasteiger partial charge in [0.2, 0.25) is 0 Å². The number of anilines is 3. The molecule has 0 amide bonds. The van der Waals surface area contributed by atoms with Gasteiger partial charge in [-0.25, -0.2) is 0 Å². The third-order valence-corrected chi connectivity index (χ3v) is 9.17. The van der Waals surface area contributed by atoms with Crippen LogP contribution in [-0.2, 0) is 0 Å². The molecule has 0 N–H and O–H groups in total. The molecule has 0 unspecified atom stereocenters. The molecule has 0 spiro atoms. The van der Waals surface area contributed by atoms with Crippen molar-refractivity contribution < 1.29 is 11.0 Å². The second-order valence-corrected chi connectivity index (χ2v) is 12.3. The van der Waals surface area contributed by atoms with E-state index in [2.05, 4.69) is 6.07 Å². The number of fused-ring (bicyclic) bond motifs is 2. The molecule has 0 atom stereocenters. The number of rotatable bonds is 7. The predicted octanol–water partition coefficient (Wildman–Crippen LogP) is 14.1. The standard InChI is InChI=1S/C50H35N/c1-3-14-36(15-4-1)42-32-43(37-16-5-2-6-17-37)34-44(33-42)38-28-30-45(31-29-38)51(50-27-13-21-40-19-8-10-25-49(40)50)46-23-11-22-41(35-46)48-26-12-20-39-18-7-9-24-47(39)48/h1-35H/i11D,22D,23D,28D,29D,30D,31D,35D. The Kier molecular flexibility index (Phi) is 5.96. The Bertz CT molecular complexity index is 3000. The van der Waals surface area contributed by atoms with Crippen LogP contribution in [0.5, 0.6) is 0 Å². The zero-order valence-corrected chi connectivity index (χ0v) is 27.5. The molecule has 1 heteroatoms. The minimum Gasteiger partial charge on any atom is -0.310 e. The second kappa shape index (κ2) is 13.3. The van der Waals surface area contributed by atoms with E-state index in [0.717, 1.165) is 38.4 Å². The van der Waals surface area contributed by atoms with E-state index in [-0.39, 0.29) is 58.8 Å². The monoisotopic (exact) mass is 657 g/mol. The molecule has 240 valence electrons. The smallest absolute Gasteiger partial charge is 0.0651 e. The summed E-state index contributed by atoms with van der Waals surface area (Å²) in [6.45, 7) is 0. The van der Waals surface area contributed by atoms with Gasteiger partial charge in [0.15, 0.2) is 0 Å². The van der Waals surface area contributed by atoms with Crippen LogP contribution in [0.4, 0.5) is 17.1 Å². The molecular weight excluding hydrogens is 615 g/mol. The van der Waals surface area contributed by atoms with E-state index in [4.69, 9.17) is 2.74 Å². The molecule has 1 nitrogen and oxygen atoms in total. The van der Waals surface area contributed by atoms with Crippen LogP contribution in [0.3, 0.4) is 0 Å². The third kappa shape index (κ3) is 5.96. The molecule has 51 heavy (non-hydrogen) atoms. The highest BCUT2D eigenvalue weighted by Crippen LogP contribution is 2.42. The number of benzene rings is 9. The van der Waals surface area contributed by atoms with Crippen LogP contribution in [0.1, 0.15) is 11.0 Å². The maximum Gasteiger partial charge on any atom is 0.0651 e. The highest BCUT2D eigenvalue weighted by atomic mass is 15.1. The lowest BCUT2D eigenvalue weighted by Crippen LogP contribution is -2.10. The van der Waals surface area contributed by atoms with Crippen LogP contribution in [0.15, 0.2) is 212 Å². The number of nitrogens with zero attached hydrogens (tertiary/aromatic N) is 1. The average Bonchev–Trinajstić information content (AvgIpc) is 3.27. The Labute approximate surface area is 310 Å². The summed E-state index contributed by atoms with van der Waals surface area (Å²) in [5.41, 5.74) is 4.91. The maximum absolute atomic E-state index is 9.83. The molecule has 0 bridgehead atoms. The summed E-state index contributed by atoms with van der Waals surface area (Å²) >= 11 is 0. The first-order valence-corrected chi connectivity index (χ1v) is 16.9. The van der Waals surface area contributed by atoms with Crippen molar-refractivity contribution in [3.8, 4) is 44.5 Å².